The normalized spacial score (nSPS) is 16.4. The van der Waals surface area contributed by atoms with E-state index in [0.717, 1.165) is 12.6 Å². The quantitative estimate of drug-likeness (QED) is 0.756. The van der Waals surface area contributed by atoms with Crippen molar-refractivity contribution in [3.05, 3.63) is 29.8 Å². The standard InChI is InChI=1S/C17H28N2/c1-4-12-18-14(3)15-6-8-16(9-7-15)19(13-5-2)17-10-11-17/h6-9,14,17-18H,4-5,10-13H2,1-3H3. The van der Waals surface area contributed by atoms with E-state index in [1.165, 1.54) is 43.5 Å². The van der Waals surface area contributed by atoms with Crippen molar-refractivity contribution >= 4 is 5.69 Å². The van der Waals surface area contributed by atoms with Gasteiger partial charge in [0, 0.05) is 24.3 Å². The Balaban J connectivity index is 2.00. The Labute approximate surface area is 118 Å². The molecule has 1 aromatic rings. The molecule has 1 N–H and O–H groups in total. The van der Waals surface area contributed by atoms with Crippen molar-refractivity contribution in [1.29, 1.82) is 0 Å². The molecule has 0 aromatic heterocycles. The van der Waals surface area contributed by atoms with Gasteiger partial charge in [-0.25, -0.2) is 0 Å². The summed E-state index contributed by atoms with van der Waals surface area (Å²) in [5.74, 6) is 0. The van der Waals surface area contributed by atoms with E-state index in [4.69, 9.17) is 0 Å². The molecule has 1 unspecified atom stereocenters. The van der Waals surface area contributed by atoms with Crippen LogP contribution in [0.25, 0.3) is 0 Å². The van der Waals surface area contributed by atoms with E-state index in [1.54, 1.807) is 0 Å². The molecule has 2 rings (SSSR count). The summed E-state index contributed by atoms with van der Waals surface area (Å²) in [4.78, 5) is 2.58. The largest absolute Gasteiger partial charge is 0.369 e. The molecule has 0 amide bonds. The molecule has 1 aliphatic carbocycles. The third-order valence-corrected chi connectivity index (χ3v) is 3.88. The van der Waals surface area contributed by atoms with E-state index in [2.05, 4.69) is 55.3 Å². The van der Waals surface area contributed by atoms with Crippen LogP contribution in [0.1, 0.15) is 58.1 Å². The van der Waals surface area contributed by atoms with Crippen molar-refractivity contribution in [2.45, 2.75) is 58.5 Å². The number of hydrogen-bond acceptors (Lipinski definition) is 2. The average molecular weight is 260 g/mol. The third kappa shape index (κ3) is 3.97. The number of nitrogens with zero attached hydrogens (tertiary/aromatic N) is 1. The first-order chi connectivity index (χ1) is 9.26. The molecule has 1 saturated carbocycles. The molecule has 2 nitrogen and oxygen atoms in total. The van der Waals surface area contributed by atoms with Crippen LogP contribution in [0.2, 0.25) is 0 Å². The fourth-order valence-electron chi connectivity index (χ4n) is 2.58. The van der Waals surface area contributed by atoms with Gasteiger partial charge in [-0.15, -0.1) is 0 Å². The summed E-state index contributed by atoms with van der Waals surface area (Å²) in [6.45, 7) is 9.00. The van der Waals surface area contributed by atoms with E-state index in [9.17, 15) is 0 Å². The predicted molar refractivity (Wildman–Crippen MR) is 83.8 cm³/mol. The van der Waals surface area contributed by atoms with Crippen LogP contribution in [0, 0.1) is 0 Å². The van der Waals surface area contributed by atoms with Gasteiger partial charge in [0.15, 0.2) is 0 Å². The molecule has 1 atom stereocenters. The lowest BCUT2D eigenvalue weighted by molar-refractivity contribution is 0.570. The lowest BCUT2D eigenvalue weighted by Crippen LogP contribution is -2.26. The minimum absolute atomic E-state index is 0.453. The summed E-state index contributed by atoms with van der Waals surface area (Å²) in [7, 11) is 0. The number of benzene rings is 1. The van der Waals surface area contributed by atoms with Crippen molar-refractivity contribution in [2.75, 3.05) is 18.0 Å². The molecule has 0 aliphatic heterocycles. The van der Waals surface area contributed by atoms with Gasteiger partial charge in [-0.1, -0.05) is 26.0 Å². The smallest absolute Gasteiger partial charge is 0.0368 e. The minimum Gasteiger partial charge on any atom is -0.369 e. The molecule has 0 spiro atoms. The Morgan fingerprint density at radius 3 is 2.37 bits per heavy atom. The summed E-state index contributed by atoms with van der Waals surface area (Å²) in [6, 6.07) is 10.4. The van der Waals surface area contributed by atoms with E-state index in [0.29, 0.717) is 6.04 Å². The Kier molecular flexibility index (Phi) is 5.26. The highest BCUT2D eigenvalue weighted by atomic mass is 15.2. The molecule has 1 fully saturated rings. The molecule has 1 aromatic carbocycles. The summed E-state index contributed by atoms with van der Waals surface area (Å²) in [5.41, 5.74) is 2.79. The zero-order valence-electron chi connectivity index (χ0n) is 12.7. The zero-order chi connectivity index (χ0) is 13.7. The van der Waals surface area contributed by atoms with Crippen LogP contribution in [-0.4, -0.2) is 19.1 Å². The fraction of sp³-hybridized carbons (Fsp3) is 0.647. The van der Waals surface area contributed by atoms with Crippen molar-refractivity contribution in [3.8, 4) is 0 Å². The van der Waals surface area contributed by atoms with Gasteiger partial charge in [-0.05, 0) is 56.8 Å². The summed E-state index contributed by atoms with van der Waals surface area (Å²) >= 11 is 0. The second-order valence-corrected chi connectivity index (χ2v) is 5.69. The second kappa shape index (κ2) is 6.95. The minimum atomic E-state index is 0.453. The number of hydrogen-bond donors (Lipinski definition) is 1. The molecular weight excluding hydrogens is 232 g/mol. The van der Waals surface area contributed by atoms with Gasteiger partial charge in [-0.3, -0.25) is 0 Å². The van der Waals surface area contributed by atoms with E-state index >= 15 is 0 Å². The highest BCUT2D eigenvalue weighted by molar-refractivity contribution is 5.50. The van der Waals surface area contributed by atoms with Gasteiger partial charge in [-0.2, -0.15) is 0 Å². The van der Waals surface area contributed by atoms with Crippen LogP contribution in [0.3, 0.4) is 0 Å². The van der Waals surface area contributed by atoms with Crippen molar-refractivity contribution in [2.24, 2.45) is 0 Å². The van der Waals surface area contributed by atoms with Gasteiger partial charge in [0.05, 0.1) is 0 Å². The maximum absolute atomic E-state index is 3.54. The first-order valence-corrected chi connectivity index (χ1v) is 7.86. The van der Waals surface area contributed by atoms with Gasteiger partial charge < -0.3 is 10.2 Å². The monoisotopic (exact) mass is 260 g/mol. The molecule has 106 valence electrons. The Morgan fingerprint density at radius 1 is 1.16 bits per heavy atom. The zero-order valence-corrected chi connectivity index (χ0v) is 12.7. The predicted octanol–water partition coefficient (Wildman–Crippen LogP) is 4.13. The second-order valence-electron chi connectivity index (χ2n) is 5.69. The van der Waals surface area contributed by atoms with Crippen LogP contribution >= 0.6 is 0 Å². The number of rotatable bonds is 8. The fourth-order valence-corrected chi connectivity index (χ4v) is 2.58. The highest BCUT2D eigenvalue weighted by Crippen LogP contribution is 2.32. The van der Waals surface area contributed by atoms with E-state index < -0.39 is 0 Å². The van der Waals surface area contributed by atoms with Crippen LogP contribution in [0.15, 0.2) is 24.3 Å². The molecule has 0 saturated heterocycles. The van der Waals surface area contributed by atoms with Crippen LogP contribution in [0.4, 0.5) is 5.69 Å². The maximum atomic E-state index is 3.54. The SMILES string of the molecule is CCCNC(C)c1ccc(N(CCC)C2CC2)cc1. The van der Waals surface area contributed by atoms with Crippen molar-refractivity contribution < 1.29 is 0 Å². The number of nitrogens with one attached hydrogen (secondary N) is 1. The van der Waals surface area contributed by atoms with Gasteiger partial charge in [0.2, 0.25) is 0 Å². The molecule has 0 radical (unpaired) electrons. The van der Waals surface area contributed by atoms with Crippen LogP contribution in [-0.2, 0) is 0 Å². The van der Waals surface area contributed by atoms with Crippen molar-refractivity contribution in [1.82, 2.24) is 5.32 Å². The van der Waals surface area contributed by atoms with Crippen LogP contribution < -0.4 is 10.2 Å². The van der Waals surface area contributed by atoms with E-state index in [-0.39, 0.29) is 0 Å². The Hall–Kier alpha value is -1.02. The van der Waals surface area contributed by atoms with Gasteiger partial charge >= 0.3 is 0 Å². The molecule has 2 heteroatoms. The molecule has 1 aliphatic rings. The first kappa shape index (κ1) is 14.4. The van der Waals surface area contributed by atoms with E-state index in [1.807, 2.05) is 0 Å². The van der Waals surface area contributed by atoms with Gasteiger partial charge in [0.25, 0.3) is 0 Å². The summed E-state index contributed by atoms with van der Waals surface area (Å²) in [6.07, 6.45) is 5.16. The molecule has 0 heterocycles. The topological polar surface area (TPSA) is 15.3 Å². The molecule has 19 heavy (non-hydrogen) atoms. The van der Waals surface area contributed by atoms with Gasteiger partial charge in [0.1, 0.15) is 0 Å². The number of anilines is 1. The lowest BCUT2D eigenvalue weighted by atomic mass is 10.1. The Bertz CT molecular complexity index is 367. The summed E-state index contributed by atoms with van der Waals surface area (Å²) in [5, 5.41) is 3.54. The van der Waals surface area contributed by atoms with Crippen LogP contribution in [0.5, 0.6) is 0 Å². The summed E-state index contributed by atoms with van der Waals surface area (Å²) < 4.78 is 0. The maximum Gasteiger partial charge on any atom is 0.0368 e. The first-order valence-electron chi connectivity index (χ1n) is 7.86. The molecule has 0 bridgehead atoms. The molecular formula is C17H28N2. The lowest BCUT2D eigenvalue weighted by Gasteiger charge is -2.25. The Morgan fingerprint density at radius 2 is 1.84 bits per heavy atom. The van der Waals surface area contributed by atoms with Crippen molar-refractivity contribution in [3.63, 3.8) is 0 Å². The highest BCUT2D eigenvalue weighted by Gasteiger charge is 2.28. The third-order valence-electron chi connectivity index (χ3n) is 3.88. The average Bonchev–Trinajstić information content (AvgIpc) is 3.27.